The predicted molar refractivity (Wildman–Crippen MR) is 46.2 cm³/mol. The average Bonchev–Trinajstić information content (AvgIpc) is 2.05. The normalized spacial score (nSPS) is 9.92. The van der Waals surface area contributed by atoms with Crippen molar-refractivity contribution in [3.63, 3.8) is 0 Å². The lowest BCUT2D eigenvalue weighted by Gasteiger charge is -2.05. The lowest BCUT2D eigenvalue weighted by atomic mass is 10.0. The summed E-state index contributed by atoms with van der Waals surface area (Å²) in [5.74, 6) is 2.22. The first-order valence-corrected chi connectivity index (χ1v) is 3.77. The Morgan fingerprint density at radius 1 is 1.58 bits per heavy atom. The predicted octanol–water partition coefficient (Wildman–Crippen LogP) is 2.33. The highest BCUT2D eigenvalue weighted by Crippen LogP contribution is 2.17. The van der Waals surface area contributed by atoms with E-state index in [4.69, 9.17) is 6.42 Å². The van der Waals surface area contributed by atoms with Gasteiger partial charge in [-0.2, -0.15) is 0 Å². The maximum Gasteiger partial charge on any atom is 0.145 e. The minimum Gasteiger partial charge on any atom is -0.245 e. The maximum absolute atomic E-state index is 13.0. The SMILES string of the molecule is C#Cc1cc(C(C)C)c(F)cn1. The molecule has 1 heterocycles. The summed E-state index contributed by atoms with van der Waals surface area (Å²) in [6.45, 7) is 3.83. The van der Waals surface area contributed by atoms with Crippen molar-refractivity contribution >= 4 is 0 Å². The number of rotatable bonds is 1. The van der Waals surface area contributed by atoms with Gasteiger partial charge in [0.1, 0.15) is 11.5 Å². The largest absolute Gasteiger partial charge is 0.245 e. The Morgan fingerprint density at radius 3 is 2.75 bits per heavy atom. The fourth-order valence-corrected chi connectivity index (χ4v) is 0.976. The van der Waals surface area contributed by atoms with E-state index < -0.39 is 0 Å². The number of nitrogens with zero attached hydrogens (tertiary/aromatic N) is 1. The second-order valence-electron chi connectivity index (χ2n) is 2.89. The Hall–Kier alpha value is -1.36. The molecule has 0 atom stereocenters. The van der Waals surface area contributed by atoms with Gasteiger partial charge in [0.05, 0.1) is 6.20 Å². The molecule has 0 saturated heterocycles. The third kappa shape index (κ3) is 1.62. The summed E-state index contributed by atoms with van der Waals surface area (Å²) in [7, 11) is 0. The molecule has 0 aliphatic rings. The first-order valence-electron chi connectivity index (χ1n) is 3.77. The van der Waals surface area contributed by atoms with Gasteiger partial charge in [0.25, 0.3) is 0 Å². The third-order valence-electron chi connectivity index (χ3n) is 1.65. The van der Waals surface area contributed by atoms with Gasteiger partial charge >= 0.3 is 0 Å². The summed E-state index contributed by atoms with van der Waals surface area (Å²) in [6.07, 6.45) is 6.31. The summed E-state index contributed by atoms with van der Waals surface area (Å²) in [5.41, 5.74) is 1.11. The highest BCUT2D eigenvalue weighted by Gasteiger charge is 2.06. The first kappa shape index (κ1) is 8.73. The molecule has 0 amide bonds. The Kier molecular flexibility index (Phi) is 2.44. The van der Waals surface area contributed by atoms with Crippen LogP contribution in [0.5, 0.6) is 0 Å². The Balaban J connectivity index is 3.19. The standard InChI is InChI=1S/C10H10FN/c1-4-8-5-9(7(2)3)10(11)6-12-8/h1,5-7H,2-3H3. The minimum atomic E-state index is -0.288. The van der Waals surface area contributed by atoms with Crippen molar-refractivity contribution in [2.24, 2.45) is 0 Å². The summed E-state index contributed by atoms with van der Waals surface area (Å²) < 4.78 is 13.0. The van der Waals surface area contributed by atoms with Gasteiger partial charge in [0.2, 0.25) is 0 Å². The molecular weight excluding hydrogens is 153 g/mol. The van der Waals surface area contributed by atoms with Crippen LogP contribution in [0.1, 0.15) is 31.0 Å². The summed E-state index contributed by atoms with van der Waals surface area (Å²) in [4.78, 5) is 3.73. The van der Waals surface area contributed by atoms with E-state index in [2.05, 4.69) is 10.9 Å². The van der Waals surface area contributed by atoms with E-state index in [0.29, 0.717) is 11.3 Å². The molecule has 0 aromatic carbocycles. The van der Waals surface area contributed by atoms with E-state index in [1.165, 1.54) is 6.20 Å². The summed E-state index contributed by atoms with van der Waals surface area (Å²) >= 11 is 0. The monoisotopic (exact) mass is 163 g/mol. The molecular formula is C10H10FN. The fraction of sp³-hybridized carbons (Fsp3) is 0.300. The van der Waals surface area contributed by atoms with Crippen LogP contribution < -0.4 is 0 Å². The zero-order chi connectivity index (χ0) is 9.14. The van der Waals surface area contributed by atoms with Crippen LogP contribution in [-0.2, 0) is 0 Å². The van der Waals surface area contributed by atoms with E-state index in [-0.39, 0.29) is 11.7 Å². The molecule has 0 fully saturated rings. The zero-order valence-electron chi connectivity index (χ0n) is 7.13. The molecule has 1 aromatic rings. The van der Waals surface area contributed by atoms with Crippen LogP contribution in [0.3, 0.4) is 0 Å². The Bertz CT molecular complexity index is 323. The second kappa shape index (κ2) is 3.36. The molecule has 0 radical (unpaired) electrons. The molecule has 2 heteroatoms. The molecule has 1 rings (SSSR count). The lowest BCUT2D eigenvalue weighted by Crippen LogP contribution is -1.96. The Morgan fingerprint density at radius 2 is 2.25 bits per heavy atom. The van der Waals surface area contributed by atoms with Crippen LogP contribution in [0, 0.1) is 18.2 Å². The molecule has 0 spiro atoms. The quantitative estimate of drug-likeness (QED) is 0.579. The van der Waals surface area contributed by atoms with Crippen LogP contribution >= 0.6 is 0 Å². The van der Waals surface area contributed by atoms with Gasteiger partial charge in [0, 0.05) is 0 Å². The van der Waals surface area contributed by atoms with E-state index in [1.807, 2.05) is 13.8 Å². The number of terminal acetylenes is 1. The van der Waals surface area contributed by atoms with Gasteiger partial charge in [-0.1, -0.05) is 19.8 Å². The molecule has 0 bridgehead atoms. The lowest BCUT2D eigenvalue weighted by molar-refractivity contribution is 0.591. The molecule has 0 N–H and O–H groups in total. The van der Waals surface area contributed by atoms with Gasteiger partial charge in [-0.05, 0) is 17.5 Å². The van der Waals surface area contributed by atoms with Gasteiger partial charge < -0.3 is 0 Å². The van der Waals surface area contributed by atoms with Gasteiger partial charge in [-0.3, -0.25) is 0 Å². The van der Waals surface area contributed by atoms with E-state index in [9.17, 15) is 4.39 Å². The van der Waals surface area contributed by atoms with Gasteiger partial charge in [-0.25, -0.2) is 9.37 Å². The average molecular weight is 163 g/mol. The van der Waals surface area contributed by atoms with Crippen LogP contribution in [0.4, 0.5) is 4.39 Å². The highest BCUT2D eigenvalue weighted by atomic mass is 19.1. The molecule has 12 heavy (non-hydrogen) atoms. The maximum atomic E-state index is 13.0. The van der Waals surface area contributed by atoms with E-state index >= 15 is 0 Å². The molecule has 0 aliphatic heterocycles. The van der Waals surface area contributed by atoms with E-state index in [0.717, 1.165) is 0 Å². The van der Waals surface area contributed by atoms with Crippen LogP contribution in [0.15, 0.2) is 12.3 Å². The second-order valence-corrected chi connectivity index (χ2v) is 2.89. The van der Waals surface area contributed by atoms with Crippen molar-refractivity contribution in [1.29, 1.82) is 0 Å². The van der Waals surface area contributed by atoms with E-state index in [1.54, 1.807) is 6.07 Å². The highest BCUT2D eigenvalue weighted by molar-refractivity contribution is 5.30. The number of pyridine rings is 1. The summed E-state index contributed by atoms with van der Waals surface area (Å²) in [6, 6.07) is 1.61. The molecule has 0 saturated carbocycles. The van der Waals surface area contributed by atoms with Gasteiger partial charge in [0.15, 0.2) is 0 Å². The van der Waals surface area contributed by atoms with Crippen molar-refractivity contribution in [1.82, 2.24) is 4.98 Å². The van der Waals surface area contributed by atoms with Gasteiger partial charge in [-0.15, -0.1) is 6.42 Å². The van der Waals surface area contributed by atoms with Crippen LogP contribution in [0.2, 0.25) is 0 Å². The number of halogens is 1. The minimum absolute atomic E-state index is 0.139. The van der Waals surface area contributed by atoms with Crippen molar-refractivity contribution in [2.45, 2.75) is 19.8 Å². The van der Waals surface area contributed by atoms with Crippen molar-refractivity contribution in [3.05, 3.63) is 29.3 Å². The van der Waals surface area contributed by atoms with Crippen LogP contribution in [0.25, 0.3) is 0 Å². The molecule has 0 aliphatic carbocycles. The van der Waals surface area contributed by atoms with Crippen molar-refractivity contribution < 1.29 is 4.39 Å². The summed E-state index contributed by atoms with van der Waals surface area (Å²) in [5, 5.41) is 0. The molecule has 0 unspecified atom stereocenters. The molecule has 1 nitrogen and oxygen atoms in total. The Labute approximate surface area is 71.6 Å². The van der Waals surface area contributed by atoms with Crippen molar-refractivity contribution in [3.8, 4) is 12.3 Å². The number of hydrogen-bond donors (Lipinski definition) is 0. The number of aromatic nitrogens is 1. The fourth-order valence-electron chi connectivity index (χ4n) is 0.976. The molecule has 1 aromatic heterocycles. The third-order valence-corrected chi connectivity index (χ3v) is 1.65. The van der Waals surface area contributed by atoms with Crippen molar-refractivity contribution in [2.75, 3.05) is 0 Å². The topological polar surface area (TPSA) is 12.9 Å². The molecule has 62 valence electrons. The first-order chi connectivity index (χ1) is 5.65. The number of hydrogen-bond acceptors (Lipinski definition) is 1. The zero-order valence-corrected chi connectivity index (χ0v) is 7.13. The smallest absolute Gasteiger partial charge is 0.145 e. The van der Waals surface area contributed by atoms with Crippen LogP contribution in [-0.4, -0.2) is 4.98 Å².